The fourth-order valence-corrected chi connectivity index (χ4v) is 2.20. The van der Waals surface area contributed by atoms with Crippen molar-refractivity contribution in [3.8, 4) is 6.07 Å². The number of carboxylic acids is 2. The lowest BCUT2D eigenvalue weighted by molar-refractivity contribution is -0.164. The number of nitrogens with one attached hydrogen (secondary N) is 1. The number of hydrogen-bond donors (Lipinski definition) is 3. The van der Waals surface area contributed by atoms with Gasteiger partial charge < -0.3 is 15.6 Å². The van der Waals surface area contributed by atoms with Crippen LogP contribution in [0.5, 0.6) is 0 Å². The van der Waals surface area contributed by atoms with Crippen molar-refractivity contribution in [1.29, 1.82) is 5.26 Å². The van der Waals surface area contributed by atoms with Crippen LogP contribution in [-0.4, -0.2) is 32.7 Å². The fraction of sp³-hybridized carbons (Fsp3) is 0.214. The Balaban J connectivity index is 2.32. The van der Waals surface area contributed by atoms with Crippen LogP contribution in [0.25, 0.3) is 0 Å². The van der Waals surface area contributed by atoms with E-state index in [0.29, 0.717) is 16.8 Å². The molecule has 21 heavy (non-hydrogen) atoms. The van der Waals surface area contributed by atoms with Crippen LogP contribution >= 0.6 is 0 Å². The van der Waals surface area contributed by atoms with Gasteiger partial charge in [0.05, 0.1) is 11.6 Å². The Labute approximate surface area is 120 Å². The predicted molar refractivity (Wildman–Crippen MR) is 71.6 cm³/mol. The Morgan fingerprint density at radius 3 is 2.33 bits per heavy atom. The van der Waals surface area contributed by atoms with Crippen LogP contribution in [0.3, 0.4) is 0 Å². The zero-order chi connectivity index (χ0) is 15.6. The summed E-state index contributed by atoms with van der Waals surface area (Å²) in [7, 11) is 0. The van der Waals surface area contributed by atoms with Crippen molar-refractivity contribution >= 4 is 11.9 Å². The average molecular weight is 287 g/mol. The average Bonchev–Trinajstić information content (AvgIpc) is 2.77. The maximum absolute atomic E-state index is 11.5. The van der Waals surface area contributed by atoms with E-state index < -0.39 is 17.5 Å². The zero-order valence-electron chi connectivity index (χ0n) is 11.2. The Morgan fingerprint density at radius 1 is 1.29 bits per heavy atom. The van der Waals surface area contributed by atoms with Gasteiger partial charge in [-0.2, -0.15) is 10.3 Å². The van der Waals surface area contributed by atoms with E-state index in [1.165, 1.54) is 6.08 Å². The molecule has 3 N–H and O–H groups in total. The van der Waals surface area contributed by atoms with E-state index in [4.69, 9.17) is 5.26 Å². The lowest BCUT2D eigenvalue weighted by Gasteiger charge is -2.30. The topological polar surface area (TPSA) is 114 Å². The minimum absolute atomic E-state index is 0.0676. The first-order chi connectivity index (χ1) is 9.90. The van der Waals surface area contributed by atoms with Crippen molar-refractivity contribution in [2.45, 2.75) is 19.0 Å². The molecule has 1 aromatic rings. The second-order valence-corrected chi connectivity index (χ2v) is 4.71. The summed E-state index contributed by atoms with van der Waals surface area (Å²) in [6.07, 6.45) is 1.17. The van der Waals surface area contributed by atoms with Gasteiger partial charge in [0.25, 0.3) is 5.54 Å². The normalized spacial score (nSPS) is 16.7. The van der Waals surface area contributed by atoms with Crippen molar-refractivity contribution in [2.24, 2.45) is 0 Å². The third-order valence-electron chi connectivity index (χ3n) is 3.24. The molecule has 0 saturated carbocycles. The number of allylic oxidation sites excluding steroid dienone is 1. The molecule has 0 spiro atoms. The molecule has 0 aromatic heterocycles. The van der Waals surface area contributed by atoms with Crippen LogP contribution in [0.4, 0.5) is 0 Å². The summed E-state index contributed by atoms with van der Waals surface area (Å²) in [4.78, 5) is 22.9. The number of carboxylic acid groups (broad SMARTS) is 2. The molecule has 0 atom stereocenters. The van der Waals surface area contributed by atoms with Gasteiger partial charge in [-0.25, -0.2) is 9.59 Å². The van der Waals surface area contributed by atoms with E-state index in [9.17, 15) is 19.8 Å². The molecule has 0 fully saturated rings. The quantitative estimate of drug-likeness (QED) is 0.698. The van der Waals surface area contributed by atoms with Gasteiger partial charge in [-0.3, -0.25) is 0 Å². The van der Waals surface area contributed by atoms with E-state index in [0.717, 1.165) is 5.01 Å². The van der Waals surface area contributed by atoms with Crippen LogP contribution in [0.15, 0.2) is 36.0 Å². The number of nitrogens with zero attached hydrogens (tertiary/aromatic N) is 2. The molecule has 0 unspecified atom stereocenters. The predicted octanol–water partition coefficient (Wildman–Crippen LogP) is 0.690. The summed E-state index contributed by atoms with van der Waals surface area (Å²) in [5, 5.41) is 28.6. The summed E-state index contributed by atoms with van der Waals surface area (Å²) >= 11 is 0. The second-order valence-electron chi connectivity index (χ2n) is 4.71. The molecular formula is C14H13N3O4. The molecule has 2 rings (SSSR count). The zero-order valence-corrected chi connectivity index (χ0v) is 11.2. The third-order valence-corrected chi connectivity index (χ3v) is 3.24. The highest BCUT2D eigenvalue weighted by molar-refractivity contribution is 6.06. The minimum Gasteiger partial charge on any atom is -0.479 e. The first-order valence-electron chi connectivity index (χ1n) is 6.09. The van der Waals surface area contributed by atoms with Crippen LogP contribution in [-0.2, 0) is 16.1 Å². The van der Waals surface area contributed by atoms with Crippen molar-refractivity contribution < 1.29 is 19.8 Å². The molecule has 0 radical (unpaired) electrons. The molecule has 1 aromatic carbocycles. The van der Waals surface area contributed by atoms with Gasteiger partial charge in [0.1, 0.15) is 0 Å². The van der Waals surface area contributed by atoms with Crippen LogP contribution < -0.4 is 5.43 Å². The van der Waals surface area contributed by atoms with Crippen molar-refractivity contribution in [1.82, 2.24) is 10.4 Å². The number of rotatable bonds is 4. The Hall–Kier alpha value is -2.85. The highest BCUT2D eigenvalue weighted by atomic mass is 16.4. The van der Waals surface area contributed by atoms with Gasteiger partial charge in [-0.15, -0.1) is 0 Å². The Morgan fingerprint density at radius 2 is 1.86 bits per heavy atom. The number of hydrazine groups is 1. The minimum atomic E-state index is -2.14. The Bertz CT molecular complexity index is 644. The summed E-state index contributed by atoms with van der Waals surface area (Å²) in [5.74, 6) is -2.93. The van der Waals surface area contributed by atoms with Crippen LogP contribution in [0.1, 0.15) is 18.1 Å². The van der Waals surface area contributed by atoms with E-state index in [1.807, 2.05) is 6.07 Å². The molecule has 0 aliphatic carbocycles. The summed E-state index contributed by atoms with van der Waals surface area (Å²) in [6, 6.07) is 8.47. The number of aliphatic carboxylic acids is 2. The van der Waals surface area contributed by atoms with Crippen molar-refractivity contribution in [3.63, 3.8) is 0 Å². The SMILES string of the molecule is CC1=CC(C(=O)O)(C(=O)O)N(Cc2ccc(C#N)cc2)N1. The maximum atomic E-state index is 11.5. The summed E-state index contributed by atoms with van der Waals surface area (Å²) in [6.45, 7) is 1.66. The van der Waals surface area contributed by atoms with Gasteiger partial charge in [0.15, 0.2) is 0 Å². The standard InChI is InChI=1S/C14H13N3O4/c1-9-6-14(12(18)19,13(20)21)17(16-9)8-11-4-2-10(7-15)3-5-11/h2-6,16H,8H2,1H3,(H,18,19)(H,20,21). The van der Waals surface area contributed by atoms with Gasteiger partial charge in [-0.1, -0.05) is 12.1 Å². The number of benzene rings is 1. The first-order valence-corrected chi connectivity index (χ1v) is 6.09. The molecule has 7 nitrogen and oxygen atoms in total. The number of carbonyl (C=O) groups is 2. The Kier molecular flexibility index (Phi) is 3.65. The van der Waals surface area contributed by atoms with E-state index in [-0.39, 0.29) is 6.54 Å². The van der Waals surface area contributed by atoms with Crippen molar-refractivity contribution in [3.05, 3.63) is 47.2 Å². The maximum Gasteiger partial charge on any atom is 0.341 e. The second kappa shape index (κ2) is 5.26. The molecule has 0 bridgehead atoms. The summed E-state index contributed by atoms with van der Waals surface area (Å²) < 4.78 is 0. The van der Waals surface area contributed by atoms with E-state index in [1.54, 1.807) is 31.2 Å². The highest BCUT2D eigenvalue weighted by Gasteiger charge is 2.53. The molecule has 0 saturated heterocycles. The highest BCUT2D eigenvalue weighted by Crippen LogP contribution is 2.26. The van der Waals surface area contributed by atoms with Gasteiger partial charge in [-0.05, 0) is 30.7 Å². The lowest BCUT2D eigenvalue weighted by Crippen LogP contribution is -2.59. The van der Waals surface area contributed by atoms with Crippen molar-refractivity contribution in [2.75, 3.05) is 0 Å². The molecular weight excluding hydrogens is 274 g/mol. The molecule has 1 aliphatic rings. The monoisotopic (exact) mass is 287 g/mol. The van der Waals surface area contributed by atoms with Gasteiger partial charge in [0.2, 0.25) is 0 Å². The first kappa shape index (κ1) is 14.6. The smallest absolute Gasteiger partial charge is 0.341 e. The van der Waals surface area contributed by atoms with Crippen LogP contribution in [0, 0.1) is 11.3 Å². The molecule has 7 heteroatoms. The molecule has 1 heterocycles. The third kappa shape index (κ3) is 2.44. The number of nitriles is 1. The molecule has 0 amide bonds. The number of hydrogen-bond acceptors (Lipinski definition) is 5. The molecule has 1 aliphatic heterocycles. The van der Waals surface area contributed by atoms with Gasteiger partial charge >= 0.3 is 11.9 Å². The fourth-order valence-electron chi connectivity index (χ4n) is 2.20. The van der Waals surface area contributed by atoms with E-state index >= 15 is 0 Å². The summed E-state index contributed by atoms with van der Waals surface area (Å²) in [5.41, 5.74) is 2.23. The van der Waals surface area contributed by atoms with Gasteiger partial charge in [0, 0.05) is 12.2 Å². The molecule has 108 valence electrons. The largest absolute Gasteiger partial charge is 0.479 e. The lowest BCUT2D eigenvalue weighted by atomic mass is 9.98. The van der Waals surface area contributed by atoms with Crippen LogP contribution in [0.2, 0.25) is 0 Å². The van der Waals surface area contributed by atoms with E-state index in [2.05, 4.69) is 5.43 Å².